The van der Waals surface area contributed by atoms with Crippen molar-refractivity contribution in [3.8, 4) is 0 Å². The van der Waals surface area contributed by atoms with Crippen LogP contribution in [0.1, 0.15) is 52.4 Å². The van der Waals surface area contributed by atoms with Crippen LogP contribution < -0.4 is 11.1 Å². The van der Waals surface area contributed by atoms with Gasteiger partial charge in [0, 0.05) is 6.42 Å². The maximum atomic E-state index is 11.6. The number of hydrogen-bond acceptors (Lipinski definition) is 5. The molecule has 4 N–H and O–H groups in total. The summed E-state index contributed by atoms with van der Waals surface area (Å²) in [7, 11) is 0. The van der Waals surface area contributed by atoms with Gasteiger partial charge >= 0.3 is 11.9 Å². The zero-order valence-electron chi connectivity index (χ0n) is 12.8. The molecular weight excluding hydrogens is 276 g/mol. The third-order valence-electron chi connectivity index (χ3n) is 2.98. The Kier molecular flexibility index (Phi) is 10.2. The van der Waals surface area contributed by atoms with Gasteiger partial charge in [-0.1, -0.05) is 19.3 Å². The number of carbonyl (C=O) groups is 3. The highest BCUT2D eigenvalue weighted by atomic mass is 16.6. The molecule has 2 atom stereocenters. The first-order chi connectivity index (χ1) is 9.88. The van der Waals surface area contributed by atoms with Crippen LogP contribution in [0.25, 0.3) is 0 Å². The minimum atomic E-state index is -1.22. The summed E-state index contributed by atoms with van der Waals surface area (Å²) in [5.41, 5.74) is 5.38. The molecule has 0 rings (SSSR count). The largest absolute Gasteiger partial charge is 0.479 e. The van der Waals surface area contributed by atoms with Crippen molar-refractivity contribution in [2.24, 2.45) is 5.73 Å². The second-order valence-electron chi connectivity index (χ2n) is 5.01. The minimum absolute atomic E-state index is 0.235. The number of rotatable bonds is 11. The van der Waals surface area contributed by atoms with Crippen LogP contribution in [0.4, 0.5) is 0 Å². The summed E-state index contributed by atoms with van der Waals surface area (Å²) in [5.74, 6) is -2.21. The van der Waals surface area contributed by atoms with Gasteiger partial charge in [-0.25, -0.2) is 9.59 Å². The Hall–Kier alpha value is -1.63. The lowest BCUT2D eigenvalue weighted by molar-refractivity contribution is -0.164. The zero-order chi connectivity index (χ0) is 16.3. The predicted octanol–water partition coefficient (Wildman–Crippen LogP) is 0.807. The van der Waals surface area contributed by atoms with E-state index in [1.54, 1.807) is 0 Å². The highest BCUT2D eigenvalue weighted by Gasteiger charge is 2.22. The number of carbonyl (C=O) groups excluding carboxylic acids is 2. The summed E-state index contributed by atoms with van der Waals surface area (Å²) in [6.45, 7) is 3.42. The summed E-state index contributed by atoms with van der Waals surface area (Å²) in [4.78, 5) is 33.7. The molecule has 0 aliphatic rings. The molecule has 7 nitrogen and oxygen atoms in total. The van der Waals surface area contributed by atoms with Crippen LogP contribution >= 0.6 is 0 Å². The van der Waals surface area contributed by atoms with Crippen LogP contribution in [0.3, 0.4) is 0 Å². The van der Waals surface area contributed by atoms with E-state index in [4.69, 9.17) is 10.8 Å². The van der Waals surface area contributed by atoms with Crippen molar-refractivity contribution in [2.75, 3.05) is 6.54 Å². The van der Waals surface area contributed by atoms with Gasteiger partial charge in [0.05, 0.1) is 0 Å². The fraction of sp³-hybridized carbons (Fsp3) is 0.786. The monoisotopic (exact) mass is 302 g/mol. The van der Waals surface area contributed by atoms with Crippen molar-refractivity contribution in [1.29, 1.82) is 0 Å². The van der Waals surface area contributed by atoms with Gasteiger partial charge in [0.1, 0.15) is 6.04 Å². The standard InChI is InChI=1S/C14H26N2O5/c1-10(14(20)21-11(2)13(18)19)16-12(17)8-6-4-3-5-7-9-15/h10-11H,3-9,15H2,1-2H3,(H,16,17)(H,18,19)/t10-,11-/m1/s1. The lowest BCUT2D eigenvalue weighted by atomic mass is 10.1. The molecular formula is C14H26N2O5. The van der Waals surface area contributed by atoms with E-state index in [-0.39, 0.29) is 5.91 Å². The Morgan fingerprint density at radius 1 is 1.10 bits per heavy atom. The number of esters is 1. The van der Waals surface area contributed by atoms with Gasteiger partial charge < -0.3 is 20.9 Å². The van der Waals surface area contributed by atoms with Crippen LogP contribution in [-0.4, -0.2) is 41.6 Å². The first-order valence-electron chi connectivity index (χ1n) is 7.31. The van der Waals surface area contributed by atoms with Gasteiger partial charge in [0.2, 0.25) is 5.91 Å². The first-order valence-corrected chi connectivity index (χ1v) is 7.31. The molecule has 0 heterocycles. The molecule has 0 aromatic carbocycles. The van der Waals surface area contributed by atoms with Crippen LogP contribution in [0.15, 0.2) is 0 Å². The molecule has 0 aromatic heterocycles. The van der Waals surface area contributed by atoms with E-state index >= 15 is 0 Å². The third kappa shape index (κ3) is 9.84. The molecule has 0 saturated carbocycles. The average molecular weight is 302 g/mol. The molecule has 0 aromatic rings. The molecule has 7 heteroatoms. The maximum absolute atomic E-state index is 11.6. The molecule has 0 fully saturated rings. The van der Waals surface area contributed by atoms with Crippen molar-refractivity contribution in [3.63, 3.8) is 0 Å². The number of aliphatic carboxylic acids is 1. The topological polar surface area (TPSA) is 119 Å². The van der Waals surface area contributed by atoms with Crippen molar-refractivity contribution in [2.45, 2.75) is 64.5 Å². The van der Waals surface area contributed by atoms with Crippen LogP contribution in [0.5, 0.6) is 0 Å². The SMILES string of the molecule is C[C@@H](NC(=O)CCCCCCCN)C(=O)O[C@H](C)C(=O)O. The minimum Gasteiger partial charge on any atom is -0.479 e. The highest BCUT2D eigenvalue weighted by Crippen LogP contribution is 2.05. The number of hydrogen-bond donors (Lipinski definition) is 3. The van der Waals surface area contributed by atoms with Gasteiger partial charge in [0.25, 0.3) is 0 Å². The van der Waals surface area contributed by atoms with E-state index in [0.29, 0.717) is 13.0 Å². The molecule has 0 aliphatic heterocycles. The van der Waals surface area contributed by atoms with E-state index in [1.807, 2.05) is 0 Å². The van der Waals surface area contributed by atoms with E-state index < -0.39 is 24.1 Å². The second-order valence-corrected chi connectivity index (χ2v) is 5.01. The summed E-state index contributed by atoms with van der Waals surface area (Å²) in [6, 6.07) is -0.850. The predicted molar refractivity (Wildman–Crippen MR) is 77.6 cm³/mol. The summed E-state index contributed by atoms with van der Waals surface area (Å²) in [6.07, 6.45) is 3.92. The maximum Gasteiger partial charge on any atom is 0.344 e. The molecule has 21 heavy (non-hydrogen) atoms. The summed E-state index contributed by atoms with van der Waals surface area (Å²) >= 11 is 0. The Morgan fingerprint density at radius 2 is 1.67 bits per heavy atom. The van der Waals surface area contributed by atoms with Gasteiger partial charge in [-0.2, -0.15) is 0 Å². The molecule has 0 unspecified atom stereocenters. The van der Waals surface area contributed by atoms with E-state index in [1.165, 1.54) is 13.8 Å². The third-order valence-corrected chi connectivity index (χ3v) is 2.98. The Morgan fingerprint density at radius 3 is 2.24 bits per heavy atom. The quantitative estimate of drug-likeness (QED) is 0.384. The average Bonchev–Trinajstić information content (AvgIpc) is 2.42. The summed E-state index contributed by atoms with van der Waals surface area (Å²) < 4.78 is 4.68. The van der Waals surface area contributed by atoms with Crippen LogP contribution in [0.2, 0.25) is 0 Å². The second kappa shape index (κ2) is 11.1. The number of carboxylic acid groups (broad SMARTS) is 1. The molecule has 0 radical (unpaired) electrons. The van der Waals surface area contributed by atoms with Gasteiger partial charge in [-0.3, -0.25) is 4.79 Å². The Labute approximate surface area is 125 Å². The zero-order valence-corrected chi connectivity index (χ0v) is 12.8. The molecule has 0 saturated heterocycles. The number of carboxylic acids is 1. The van der Waals surface area contributed by atoms with Gasteiger partial charge in [-0.05, 0) is 33.2 Å². The van der Waals surface area contributed by atoms with Crippen molar-refractivity contribution in [1.82, 2.24) is 5.32 Å². The van der Waals surface area contributed by atoms with Crippen LogP contribution in [0, 0.1) is 0 Å². The molecule has 122 valence electrons. The first kappa shape index (κ1) is 19.4. The Bertz CT molecular complexity index is 346. The number of unbranched alkanes of at least 4 members (excludes halogenated alkanes) is 4. The smallest absolute Gasteiger partial charge is 0.344 e. The van der Waals surface area contributed by atoms with E-state index in [9.17, 15) is 14.4 Å². The molecule has 0 spiro atoms. The fourth-order valence-electron chi connectivity index (χ4n) is 1.66. The van der Waals surface area contributed by atoms with Crippen molar-refractivity contribution in [3.05, 3.63) is 0 Å². The van der Waals surface area contributed by atoms with E-state index in [2.05, 4.69) is 10.1 Å². The number of ether oxygens (including phenoxy) is 1. The molecule has 0 bridgehead atoms. The van der Waals surface area contributed by atoms with Gasteiger partial charge in [0.15, 0.2) is 6.10 Å². The summed E-state index contributed by atoms with van der Waals surface area (Å²) in [5, 5.41) is 11.1. The van der Waals surface area contributed by atoms with Gasteiger partial charge in [-0.15, -0.1) is 0 Å². The van der Waals surface area contributed by atoms with E-state index in [0.717, 1.165) is 32.1 Å². The Balaban J connectivity index is 3.83. The molecule has 1 amide bonds. The van der Waals surface area contributed by atoms with Crippen LogP contribution in [-0.2, 0) is 19.1 Å². The van der Waals surface area contributed by atoms with Crippen molar-refractivity contribution < 1.29 is 24.2 Å². The number of nitrogens with one attached hydrogen (secondary N) is 1. The lowest BCUT2D eigenvalue weighted by Crippen LogP contribution is -2.41. The lowest BCUT2D eigenvalue weighted by Gasteiger charge is -2.15. The van der Waals surface area contributed by atoms with Crippen molar-refractivity contribution >= 4 is 17.8 Å². The number of amides is 1. The normalized spacial score (nSPS) is 13.3. The fourth-order valence-corrected chi connectivity index (χ4v) is 1.66. The molecule has 0 aliphatic carbocycles. The number of nitrogens with two attached hydrogens (primary N) is 1. The highest BCUT2D eigenvalue weighted by molar-refractivity contribution is 5.85.